The van der Waals surface area contributed by atoms with Crippen molar-refractivity contribution in [1.29, 1.82) is 0 Å². The van der Waals surface area contributed by atoms with E-state index in [0.717, 1.165) is 5.56 Å². The summed E-state index contributed by atoms with van der Waals surface area (Å²) in [6, 6.07) is 9.83. The summed E-state index contributed by atoms with van der Waals surface area (Å²) >= 11 is 0. The van der Waals surface area contributed by atoms with Crippen LogP contribution in [0.5, 0.6) is 0 Å². The number of carbonyl (C=O) groups excluding carboxylic acids is 2. The van der Waals surface area contributed by atoms with E-state index in [9.17, 15) is 9.59 Å². The van der Waals surface area contributed by atoms with Crippen LogP contribution in [-0.4, -0.2) is 29.9 Å². The largest absolute Gasteiger partial charge is 0.466 e. The number of hydrogen-bond donors (Lipinski definition) is 0. The molecule has 1 heterocycles. The van der Waals surface area contributed by atoms with Crippen molar-refractivity contribution in [3.8, 4) is 0 Å². The monoisotopic (exact) mass is 275 g/mol. The minimum atomic E-state index is -0.726. The molecular formula is C16H21NO3. The molecule has 0 saturated carbocycles. The van der Waals surface area contributed by atoms with Crippen LogP contribution in [0.4, 0.5) is 0 Å². The molecule has 0 unspecified atom stereocenters. The summed E-state index contributed by atoms with van der Waals surface area (Å²) in [5.41, 5.74) is 0.352. The van der Waals surface area contributed by atoms with Gasteiger partial charge in [-0.1, -0.05) is 30.3 Å². The van der Waals surface area contributed by atoms with E-state index in [0.29, 0.717) is 13.2 Å². The summed E-state index contributed by atoms with van der Waals surface area (Å²) < 4.78 is 5.09. The van der Waals surface area contributed by atoms with Crippen molar-refractivity contribution >= 4 is 11.9 Å². The van der Waals surface area contributed by atoms with E-state index in [1.165, 1.54) is 0 Å². The molecule has 1 aliphatic rings. The molecule has 1 aliphatic heterocycles. The van der Waals surface area contributed by atoms with Gasteiger partial charge in [0.15, 0.2) is 0 Å². The molecule has 1 fully saturated rings. The van der Waals surface area contributed by atoms with Crippen molar-refractivity contribution in [1.82, 2.24) is 4.90 Å². The molecule has 1 aromatic carbocycles. The molecule has 0 aromatic heterocycles. The van der Waals surface area contributed by atoms with Gasteiger partial charge in [-0.3, -0.25) is 9.59 Å². The number of benzene rings is 1. The second kappa shape index (κ2) is 5.65. The second-order valence-corrected chi connectivity index (χ2v) is 5.57. The van der Waals surface area contributed by atoms with Gasteiger partial charge in [0.2, 0.25) is 5.91 Å². The zero-order chi connectivity index (χ0) is 14.8. The zero-order valence-electron chi connectivity index (χ0n) is 12.3. The van der Waals surface area contributed by atoms with E-state index in [4.69, 9.17) is 4.74 Å². The number of rotatable bonds is 4. The molecule has 108 valence electrons. The van der Waals surface area contributed by atoms with Gasteiger partial charge in [-0.05, 0) is 26.3 Å². The van der Waals surface area contributed by atoms with Crippen molar-refractivity contribution in [2.75, 3.05) is 13.2 Å². The van der Waals surface area contributed by atoms with Crippen LogP contribution in [0.3, 0.4) is 0 Å². The molecule has 4 nitrogen and oxygen atoms in total. The number of nitrogens with zero attached hydrogens (tertiary/aromatic N) is 1. The Morgan fingerprint density at radius 1 is 1.40 bits per heavy atom. The highest BCUT2D eigenvalue weighted by molar-refractivity contribution is 5.89. The van der Waals surface area contributed by atoms with Crippen molar-refractivity contribution in [2.24, 2.45) is 5.41 Å². The summed E-state index contributed by atoms with van der Waals surface area (Å²) in [5.74, 6) is -0.270. The van der Waals surface area contributed by atoms with Gasteiger partial charge < -0.3 is 9.64 Å². The molecule has 1 saturated heterocycles. The Balaban J connectivity index is 2.15. The molecule has 1 amide bonds. The van der Waals surface area contributed by atoms with Gasteiger partial charge in [0.25, 0.3) is 0 Å². The van der Waals surface area contributed by atoms with Crippen LogP contribution in [0, 0.1) is 5.41 Å². The molecule has 0 spiro atoms. The first kappa shape index (κ1) is 14.6. The van der Waals surface area contributed by atoms with Crippen LogP contribution >= 0.6 is 0 Å². The quantitative estimate of drug-likeness (QED) is 0.793. The molecule has 2 rings (SSSR count). The third-order valence-electron chi connectivity index (χ3n) is 3.90. The third-order valence-corrected chi connectivity index (χ3v) is 3.90. The summed E-state index contributed by atoms with van der Waals surface area (Å²) in [5, 5.41) is 0. The first-order valence-electron chi connectivity index (χ1n) is 6.99. The Morgan fingerprint density at radius 2 is 2.05 bits per heavy atom. The molecule has 4 heteroatoms. The highest BCUT2D eigenvalue weighted by Gasteiger charge is 2.47. The average molecular weight is 275 g/mol. The van der Waals surface area contributed by atoms with E-state index in [1.54, 1.807) is 18.7 Å². The van der Waals surface area contributed by atoms with Crippen LogP contribution in [-0.2, 0) is 14.3 Å². The van der Waals surface area contributed by atoms with Gasteiger partial charge in [-0.15, -0.1) is 0 Å². The molecular weight excluding hydrogens is 254 g/mol. The summed E-state index contributed by atoms with van der Waals surface area (Å²) in [6.45, 7) is 6.34. The van der Waals surface area contributed by atoms with E-state index in [-0.39, 0.29) is 24.3 Å². The Bertz CT molecular complexity index is 500. The summed E-state index contributed by atoms with van der Waals surface area (Å²) in [7, 11) is 0. The number of amides is 1. The van der Waals surface area contributed by atoms with Gasteiger partial charge >= 0.3 is 5.97 Å². The van der Waals surface area contributed by atoms with E-state index < -0.39 is 5.41 Å². The lowest BCUT2D eigenvalue weighted by atomic mass is 9.90. The number of carbonyl (C=O) groups is 2. The number of esters is 1. The summed E-state index contributed by atoms with van der Waals surface area (Å²) in [6.07, 6.45) is 0.225. The lowest BCUT2D eigenvalue weighted by Gasteiger charge is -2.27. The zero-order valence-corrected chi connectivity index (χ0v) is 12.3. The van der Waals surface area contributed by atoms with Gasteiger partial charge in [0.1, 0.15) is 0 Å². The first-order chi connectivity index (χ1) is 9.48. The van der Waals surface area contributed by atoms with Crippen molar-refractivity contribution in [3.63, 3.8) is 0 Å². The van der Waals surface area contributed by atoms with Gasteiger partial charge in [-0.25, -0.2) is 0 Å². The molecule has 0 N–H and O–H groups in total. The van der Waals surface area contributed by atoms with Crippen molar-refractivity contribution in [2.45, 2.75) is 33.2 Å². The van der Waals surface area contributed by atoms with Crippen LogP contribution in [0.1, 0.15) is 38.8 Å². The minimum absolute atomic E-state index is 0.0110. The van der Waals surface area contributed by atoms with Crippen LogP contribution in [0.15, 0.2) is 30.3 Å². The topological polar surface area (TPSA) is 46.6 Å². The maximum absolute atomic E-state index is 12.2. The van der Waals surface area contributed by atoms with E-state index in [2.05, 4.69) is 0 Å². The normalized spacial score (nSPS) is 23.8. The molecule has 0 aliphatic carbocycles. The molecule has 20 heavy (non-hydrogen) atoms. The predicted molar refractivity (Wildman–Crippen MR) is 75.9 cm³/mol. The van der Waals surface area contributed by atoms with Crippen LogP contribution in [0.2, 0.25) is 0 Å². The smallest absolute Gasteiger partial charge is 0.314 e. The Morgan fingerprint density at radius 3 is 2.65 bits per heavy atom. The Hall–Kier alpha value is -1.84. The van der Waals surface area contributed by atoms with Gasteiger partial charge in [0, 0.05) is 13.0 Å². The fraction of sp³-hybridized carbons (Fsp3) is 0.500. The van der Waals surface area contributed by atoms with Crippen molar-refractivity contribution in [3.05, 3.63) is 35.9 Å². The maximum Gasteiger partial charge on any atom is 0.314 e. The SMILES string of the molecule is CCOC(=O)[C@@]1(C)CC(=O)N([C@H](C)c2ccccc2)C1. The Labute approximate surface area is 119 Å². The molecule has 1 aromatic rings. The maximum atomic E-state index is 12.2. The number of hydrogen-bond acceptors (Lipinski definition) is 3. The lowest BCUT2D eigenvalue weighted by molar-refractivity contribution is -0.154. The van der Waals surface area contributed by atoms with E-state index >= 15 is 0 Å². The summed E-state index contributed by atoms with van der Waals surface area (Å²) in [4.78, 5) is 26.0. The van der Waals surface area contributed by atoms with Gasteiger partial charge in [-0.2, -0.15) is 0 Å². The van der Waals surface area contributed by atoms with Gasteiger partial charge in [0.05, 0.1) is 18.1 Å². The van der Waals surface area contributed by atoms with Crippen LogP contribution < -0.4 is 0 Å². The standard InChI is InChI=1S/C16H21NO3/c1-4-20-15(19)16(3)10-14(18)17(11-16)12(2)13-8-6-5-7-9-13/h5-9,12H,4,10-11H2,1-3H3/t12-,16+/m1/s1. The third kappa shape index (κ3) is 2.69. The fourth-order valence-corrected chi connectivity index (χ4v) is 2.66. The lowest BCUT2D eigenvalue weighted by Crippen LogP contribution is -2.34. The van der Waals surface area contributed by atoms with Crippen molar-refractivity contribution < 1.29 is 14.3 Å². The predicted octanol–water partition coefficient (Wildman–Crippen LogP) is 2.55. The fourth-order valence-electron chi connectivity index (χ4n) is 2.66. The second-order valence-electron chi connectivity index (χ2n) is 5.57. The molecule has 0 bridgehead atoms. The number of likely N-dealkylation sites (tertiary alicyclic amines) is 1. The molecule has 0 radical (unpaired) electrons. The highest BCUT2D eigenvalue weighted by Crippen LogP contribution is 2.37. The Kier molecular flexibility index (Phi) is 4.12. The number of ether oxygens (including phenoxy) is 1. The average Bonchev–Trinajstić information content (AvgIpc) is 2.76. The van der Waals surface area contributed by atoms with Crippen LogP contribution in [0.25, 0.3) is 0 Å². The highest BCUT2D eigenvalue weighted by atomic mass is 16.5. The minimum Gasteiger partial charge on any atom is -0.466 e. The molecule has 2 atom stereocenters. The first-order valence-corrected chi connectivity index (χ1v) is 6.99. The van der Waals surface area contributed by atoms with E-state index in [1.807, 2.05) is 37.3 Å².